The minimum atomic E-state index is -0.627. The molecule has 0 bridgehead atoms. The monoisotopic (exact) mass is 302 g/mol. The normalized spacial score (nSPS) is 16.1. The molecule has 1 amide bonds. The molecule has 1 heterocycles. The summed E-state index contributed by atoms with van der Waals surface area (Å²) in [7, 11) is 1.53. The largest absolute Gasteiger partial charge is 0.383 e. The summed E-state index contributed by atoms with van der Waals surface area (Å²) >= 11 is 12.2. The quantitative estimate of drug-likeness (QED) is 0.927. The summed E-state index contributed by atoms with van der Waals surface area (Å²) in [4.78, 5) is 13.8. The van der Waals surface area contributed by atoms with Gasteiger partial charge in [0, 0.05) is 30.2 Å². The van der Waals surface area contributed by atoms with Crippen LogP contribution in [0.25, 0.3) is 0 Å². The molecule has 0 radical (unpaired) electrons. The Balaban J connectivity index is 2.16. The lowest BCUT2D eigenvalue weighted by molar-refractivity contribution is -0.134. The minimum absolute atomic E-state index is 0.112. The zero-order chi connectivity index (χ0) is 14.0. The zero-order valence-corrected chi connectivity index (χ0v) is 12.2. The second kappa shape index (κ2) is 6.09. The van der Waals surface area contributed by atoms with Crippen molar-refractivity contribution in [3.63, 3.8) is 0 Å². The molecule has 0 spiro atoms. The lowest BCUT2D eigenvalue weighted by Gasteiger charge is -2.31. The highest BCUT2D eigenvalue weighted by atomic mass is 35.5. The Hall–Kier alpha value is -0.810. The number of carbonyl (C=O) groups is 1. The van der Waals surface area contributed by atoms with Gasteiger partial charge in [0.25, 0.3) is 0 Å². The lowest BCUT2D eigenvalue weighted by atomic mass is 9.99. The number of hydrogen-bond acceptors (Lipinski definition) is 3. The van der Waals surface area contributed by atoms with Crippen LogP contribution in [0, 0.1) is 0 Å². The van der Waals surface area contributed by atoms with E-state index in [-0.39, 0.29) is 12.5 Å². The number of nitrogens with two attached hydrogens (primary N) is 1. The Labute approximate surface area is 122 Å². The standard InChI is InChI=1S/C13H16Cl2N2O2/c1-19-7-12(16)13(18)17-3-2-8-4-9(14)5-11(15)10(8)6-17/h4-5,12H,2-3,6-7,16H2,1H3. The smallest absolute Gasteiger partial charge is 0.242 e. The Bertz CT molecular complexity index is 494. The molecule has 104 valence electrons. The summed E-state index contributed by atoms with van der Waals surface area (Å²) in [5.74, 6) is -0.112. The zero-order valence-electron chi connectivity index (χ0n) is 10.7. The first-order chi connectivity index (χ1) is 9.02. The van der Waals surface area contributed by atoms with Gasteiger partial charge >= 0.3 is 0 Å². The van der Waals surface area contributed by atoms with Crippen LogP contribution in [0.4, 0.5) is 0 Å². The molecule has 1 aromatic carbocycles. The first-order valence-corrected chi connectivity index (χ1v) is 6.78. The van der Waals surface area contributed by atoms with Crippen LogP contribution < -0.4 is 5.73 Å². The highest BCUT2D eigenvalue weighted by Crippen LogP contribution is 2.30. The number of carbonyl (C=O) groups excluding carboxylic acids is 1. The molecule has 6 heteroatoms. The number of nitrogens with zero attached hydrogens (tertiary/aromatic N) is 1. The number of methoxy groups -OCH3 is 1. The van der Waals surface area contributed by atoms with E-state index in [9.17, 15) is 4.79 Å². The molecule has 2 N–H and O–H groups in total. The molecule has 1 aliphatic heterocycles. The molecule has 2 rings (SSSR count). The molecule has 0 saturated carbocycles. The second-order valence-corrected chi connectivity index (χ2v) is 5.44. The predicted octanol–water partition coefficient (Wildman–Crippen LogP) is 1.85. The van der Waals surface area contributed by atoms with E-state index >= 15 is 0 Å². The van der Waals surface area contributed by atoms with E-state index in [1.165, 1.54) is 7.11 Å². The second-order valence-electron chi connectivity index (χ2n) is 4.60. The van der Waals surface area contributed by atoms with Gasteiger partial charge in [-0.2, -0.15) is 0 Å². The van der Waals surface area contributed by atoms with Crippen molar-refractivity contribution >= 4 is 29.1 Å². The van der Waals surface area contributed by atoms with Crippen LogP contribution in [-0.4, -0.2) is 37.1 Å². The molecular formula is C13H16Cl2N2O2. The number of fused-ring (bicyclic) bond motifs is 1. The van der Waals surface area contributed by atoms with E-state index in [1.54, 1.807) is 11.0 Å². The fraction of sp³-hybridized carbons (Fsp3) is 0.462. The molecule has 0 fully saturated rings. The first kappa shape index (κ1) is 14.6. The molecule has 1 unspecified atom stereocenters. The third-order valence-electron chi connectivity index (χ3n) is 3.23. The molecule has 4 nitrogen and oxygen atoms in total. The van der Waals surface area contributed by atoms with Crippen LogP contribution in [0.1, 0.15) is 11.1 Å². The van der Waals surface area contributed by atoms with Gasteiger partial charge in [0.1, 0.15) is 6.04 Å². The van der Waals surface area contributed by atoms with Crippen LogP contribution in [0.15, 0.2) is 12.1 Å². The van der Waals surface area contributed by atoms with Gasteiger partial charge in [-0.1, -0.05) is 23.2 Å². The average molecular weight is 303 g/mol. The van der Waals surface area contributed by atoms with Crippen molar-refractivity contribution in [1.82, 2.24) is 4.90 Å². The van der Waals surface area contributed by atoms with Crippen molar-refractivity contribution in [3.05, 3.63) is 33.3 Å². The van der Waals surface area contributed by atoms with Gasteiger partial charge in [-0.05, 0) is 29.7 Å². The first-order valence-electron chi connectivity index (χ1n) is 6.03. The molecule has 1 aromatic rings. The summed E-state index contributed by atoms with van der Waals surface area (Å²) in [6, 6.07) is 2.97. The summed E-state index contributed by atoms with van der Waals surface area (Å²) in [6.07, 6.45) is 0.737. The summed E-state index contributed by atoms with van der Waals surface area (Å²) < 4.78 is 4.91. The molecule has 1 atom stereocenters. The van der Waals surface area contributed by atoms with Gasteiger partial charge in [-0.25, -0.2) is 0 Å². The number of halogens is 2. The van der Waals surface area contributed by atoms with Gasteiger partial charge in [0.05, 0.1) is 6.61 Å². The number of rotatable bonds is 3. The van der Waals surface area contributed by atoms with Crippen LogP contribution in [0.3, 0.4) is 0 Å². The van der Waals surface area contributed by atoms with Crippen LogP contribution >= 0.6 is 23.2 Å². The summed E-state index contributed by atoms with van der Waals surface area (Å²) in [5, 5.41) is 1.22. The van der Waals surface area contributed by atoms with Gasteiger partial charge in [-0.15, -0.1) is 0 Å². The highest BCUT2D eigenvalue weighted by molar-refractivity contribution is 6.35. The van der Waals surface area contributed by atoms with Crippen molar-refractivity contribution in [3.8, 4) is 0 Å². The maximum absolute atomic E-state index is 12.1. The summed E-state index contributed by atoms with van der Waals surface area (Å²) in [6.45, 7) is 1.32. The minimum Gasteiger partial charge on any atom is -0.383 e. The van der Waals surface area contributed by atoms with E-state index < -0.39 is 6.04 Å². The van der Waals surface area contributed by atoms with Crippen molar-refractivity contribution in [2.24, 2.45) is 5.73 Å². The fourth-order valence-electron chi connectivity index (χ4n) is 2.26. The third-order valence-corrected chi connectivity index (χ3v) is 3.78. The van der Waals surface area contributed by atoms with Gasteiger partial charge in [0.15, 0.2) is 0 Å². The third kappa shape index (κ3) is 3.20. The Morgan fingerprint density at radius 3 is 2.95 bits per heavy atom. The lowest BCUT2D eigenvalue weighted by Crippen LogP contribution is -2.47. The van der Waals surface area contributed by atoms with Gasteiger partial charge in [-0.3, -0.25) is 4.79 Å². The number of ether oxygens (including phenoxy) is 1. The van der Waals surface area contributed by atoms with E-state index in [1.807, 2.05) is 6.07 Å². The molecule has 0 saturated heterocycles. The Morgan fingerprint density at radius 1 is 1.53 bits per heavy atom. The Kier molecular flexibility index (Phi) is 4.68. The molecular weight excluding hydrogens is 287 g/mol. The number of amides is 1. The SMILES string of the molecule is COCC(N)C(=O)N1CCc2cc(Cl)cc(Cl)c2C1. The van der Waals surface area contributed by atoms with Gasteiger partial charge in [0.2, 0.25) is 5.91 Å². The molecule has 0 aliphatic carbocycles. The van der Waals surface area contributed by atoms with E-state index in [2.05, 4.69) is 0 Å². The van der Waals surface area contributed by atoms with Crippen molar-refractivity contribution in [2.45, 2.75) is 19.0 Å². The fourth-order valence-corrected chi connectivity index (χ4v) is 2.85. The average Bonchev–Trinajstić information content (AvgIpc) is 2.37. The highest BCUT2D eigenvalue weighted by Gasteiger charge is 2.26. The predicted molar refractivity (Wildman–Crippen MR) is 75.4 cm³/mol. The maximum Gasteiger partial charge on any atom is 0.242 e. The number of hydrogen-bond donors (Lipinski definition) is 1. The van der Waals surface area contributed by atoms with E-state index in [4.69, 9.17) is 33.7 Å². The van der Waals surface area contributed by atoms with Crippen molar-refractivity contribution in [1.29, 1.82) is 0 Å². The van der Waals surface area contributed by atoms with Crippen molar-refractivity contribution in [2.75, 3.05) is 20.3 Å². The molecule has 0 aromatic heterocycles. The molecule has 19 heavy (non-hydrogen) atoms. The summed E-state index contributed by atoms with van der Waals surface area (Å²) in [5.41, 5.74) is 7.82. The topological polar surface area (TPSA) is 55.6 Å². The van der Waals surface area contributed by atoms with Crippen LogP contribution in [-0.2, 0) is 22.5 Å². The van der Waals surface area contributed by atoms with Crippen molar-refractivity contribution < 1.29 is 9.53 Å². The van der Waals surface area contributed by atoms with Crippen LogP contribution in [0.5, 0.6) is 0 Å². The maximum atomic E-state index is 12.1. The molecule has 1 aliphatic rings. The van der Waals surface area contributed by atoms with E-state index in [0.717, 1.165) is 17.5 Å². The Morgan fingerprint density at radius 2 is 2.26 bits per heavy atom. The van der Waals surface area contributed by atoms with Crippen LogP contribution in [0.2, 0.25) is 10.0 Å². The van der Waals surface area contributed by atoms with E-state index in [0.29, 0.717) is 23.1 Å². The number of benzene rings is 1. The van der Waals surface area contributed by atoms with Gasteiger partial charge < -0.3 is 15.4 Å².